The average Bonchev–Trinajstić information content (AvgIpc) is 3.13. The lowest BCUT2D eigenvalue weighted by molar-refractivity contribution is -0.143. The van der Waals surface area contributed by atoms with Gasteiger partial charge in [-0.1, -0.05) is 54.6 Å². The van der Waals surface area contributed by atoms with Gasteiger partial charge in [0.05, 0.1) is 18.8 Å². The van der Waals surface area contributed by atoms with E-state index in [4.69, 9.17) is 4.74 Å². The van der Waals surface area contributed by atoms with E-state index in [-0.39, 0.29) is 24.0 Å². The van der Waals surface area contributed by atoms with Crippen LogP contribution in [0.5, 0.6) is 0 Å². The Kier molecular flexibility index (Phi) is 3.75. The monoisotopic (exact) mass is 319 g/mol. The summed E-state index contributed by atoms with van der Waals surface area (Å²) in [7, 11) is 0. The van der Waals surface area contributed by atoms with Gasteiger partial charge in [0.15, 0.2) is 0 Å². The Morgan fingerprint density at radius 2 is 1.58 bits per heavy atom. The third-order valence-corrected chi connectivity index (χ3v) is 4.58. The molecule has 120 valence electrons. The molecule has 4 heteroatoms. The summed E-state index contributed by atoms with van der Waals surface area (Å²) in [6.45, 7) is 0.458. The average molecular weight is 319 g/mol. The van der Waals surface area contributed by atoms with Gasteiger partial charge in [-0.15, -0.1) is 0 Å². The smallest absolute Gasteiger partial charge is 0.254 e. The lowest BCUT2D eigenvalue weighted by Crippen LogP contribution is -2.39. The molecule has 0 N–H and O–H groups in total. The summed E-state index contributed by atoms with van der Waals surface area (Å²) < 4.78 is 6.12. The molecule has 0 unspecified atom stereocenters. The second-order valence-electron chi connectivity index (χ2n) is 6.06. The first kappa shape index (κ1) is 14.8. The Morgan fingerprint density at radius 1 is 0.917 bits per heavy atom. The van der Waals surface area contributed by atoms with Gasteiger partial charge < -0.3 is 4.74 Å². The van der Waals surface area contributed by atoms with Gasteiger partial charge in [-0.3, -0.25) is 14.5 Å². The van der Waals surface area contributed by atoms with E-state index in [0.717, 1.165) is 16.7 Å². The molecule has 0 saturated carbocycles. The fraction of sp³-hybridized carbons (Fsp3) is 0.200. The van der Waals surface area contributed by atoms with E-state index in [2.05, 4.69) is 0 Å². The van der Waals surface area contributed by atoms with Gasteiger partial charge in [0.1, 0.15) is 0 Å². The maximum Gasteiger partial charge on any atom is 0.254 e. The minimum Gasteiger partial charge on any atom is -0.371 e. The zero-order chi connectivity index (χ0) is 16.5. The Hall–Kier alpha value is -2.72. The summed E-state index contributed by atoms with van der Waals surface area (Å²) in [5, 5.41) is 0. The molecule has 0 radical (unpaired) electrons. The third-order valence-electron chi connectivity index (χ3n) is 4.58. The zero-order valence-electron chi connectivity index (χ0n) is 13.1. The number of hydrogen-bond acceptors (Lipinski definition) is 3. The van der Waals surface area contributed by atoms with Crippen molar-refractivity contribution >= 4 is 11.8 Å². The number of carbonyl (C=O) groups is 2. The molecule has 0 bridgehead atoms. The number of ether oxygens (including phenoxy) is 1. The maximum absolute atomic E-state index is 12.2. The fourth-order valence-electron chi connectivity index (χ4n) is 3.46. The molecule has 4 nitrogen and oxygen atoms in total. The standard InChI is InChI=1S/C20H17NO3/c22-18-10-11-19(23)21(18)20-16-9-5-4-8-15(16)12-17(20)24-13-14-6-2-1-3-7-14/h1-11,17,20H,12-13H2/t17-,20-/m0/s1. The van der Waals surface area contributed by atoms with E-state index in [9.17, 15) is 9.59 Å². The van der Waals surface area contributed by atoms with Gasteiger partial charge in [-0.25, -0.2) is 0 Å². The van der Waals surface area contributed by atoms with Crippen LogP contribution >= 0.6 is 0 Å². The third kappa shape index (κ3) is 2.55. The summed E-state index contributed by atoms with van der Waals surface area (Å²) in [4.78, 5) is 25.6. The van der Waals surface area contributed by atoms with E-state index in [1.165, 1.54) is 17.1 Å². The van der Waals surface area contributed by atoms with E-state index < -0.39 is 0 Å². The van der Waals surface area contributed by atoms with Gasteiger partial charge in [-0.2, -0.15) is 0 Å². The van der Waals surface area contributed by atoms with Crippen LogP contribution in [0.15, 0.2) is 66.7 Å². The van der Waals surface area contributed by atoms with Crippen molar-refractivity contribution in [2.45, 2.75) is 25.2 Å². The van der Waals surface area contributed by atoms with Gasteiger partial charge in [0, 0.05) is 18.6 Å². The number of imide groups is 1. The van der Waals surface area contributed by atoms with Crippen LogP contribution in [0.2, 0.25) is 0 Å². The van der Waals surface area contributed by atoms with Gasteiger partial charge in [0.25, 0.3) is 11.8 Å². The van der Waals surface area contributed by atoms with Crippen LogP contribution in [0.1, 0.15) is 22.7 Å². The first-order valence-corrected chi connectivity index (χ1v) is 8.02. The summed E-state index contributed by atoms with van der Waals surface area (Å²) in [5.41, 5.74) is 3.21. The van der Waals surface area contributed by atoms with Crippen LogP contribution < -0.4 is 0 Å². The molecular formula is C20H17NO3. The highest BCUT2D eigenvalue weighted by molar-refractivity contribution is 6.13. The highest BCUT2D eigenvalue weighted by Crippen LogP contribution is 2.39. The maximum atomic E-state index is 12.2. The van der Waals surface area contributed by atoms with Crippen molar-refractivity contribution in [3.05, 3.63) is 83.4 Å². The quantitative estimate of drug-likeness (QED) is 0.814. The zero-order valence-corrected chi connectivity index (χ0v) is 13.1. The van der Waals surface area contributed by atoms with Crippen LogP contribution in [-0.2, 0) is 27.4 Å². The minimum atomic E-state index is -0.361. The lowest BCUT2D eigenvalue weighted by Gasteiger charge is -2.28. The highest BCUT2D eigenvalue weighted by Gasteiger charge is 2.42. The summed E-state index contributed by atoms with van der Waals surface area (Å²) in [5.74, 6) is -0.537. The number of nitrogens with zero attached hydrogens (tertiary/aromatic N) is 1. The molecule has 24 heavy (non-hydrogen) atoms. The Morgan fingerprint density at radius 3 is 2.33 bits per heavy atom. The van der Waals surface area contributed by atoms with Crippen LogP contribution in [0, 0.1) is 0 Å². The summed E-state index contributed by atoms with van der Waals surface area (Å²) in [6.07, 6.45) is 3.13. The van der Waals surface area contributed by atoms with Crippen molar-refractivity contribution in [2.75, 3.05) is 0 Å². The molecule has 2 aromatic rings. The Bertz CT molecular complexity index is 795. The second-order valence-corrected chi connectivity index (χ2v) is 6.06. The SMILES string of the molecule is O=C1C=CC(=O)N1[C@H]1c2ccccc2C[C@@H]1OCc1ccccc1. The molecular weight excluding hydrogens is 302 g/mol. The van der Waals surface area contributed by atoms with Crippen LogP contribution in [0.3, 0.4) is 0 Å². The topological polar surface area (TPSA) is 46.6 Å². The number of benzene rings is 2. The normalized spacial score (nSPS) is 22.2. The number of hydrogen-bond donors (Lipinski definition) is 0. The summed E-state index contributed by atoms with van der Waals surface area (Å²) in [6, 6.07) is 17.5. The van der Waals surface area contributed by atoms with Crippen molar-refractivity contribution in [1.82, 2.24) is 4.90 Å². The number of fused-ring (bicyclic) bond motifs is 1. The molecule has 2 amide bonds. The molecule has 1 aliphatic heterocycles. The lowest BCUT2D eigenvalue weighted by atomic mass is 10.1. The highest BCUT2D eigenvalue weighted by atomic mass is 16.5. The summed E-state index contributed by atoms with van der Waals surface area (Å²) >= 11 is 0. The van der Waals surface area contributed by atoms with Crippen molar-refractivity contribution in [2.24, 2.45) is 0 Å². The predicted octanol–water partition coefficient (Wildman–Crippen LogP) is 2.79. The Balaban J connectivity index is 1.61. The van der Waals surface area contributed by atoms with Crippen LogP contribution in [0.25, 0.3) is 0 Å². The van der Waals surface area contributed by atoms with Crippen LogP contribution in [-0.4, -0.2) is 22.8 Å². The molecule has 0 fully saturated rings. The molecule has 2 aliphatic rings. The Labute approximate surface area is 140 Å². The molecule has 1 aliphatic carbocycles. The minimum absolute atomic E-state index is 0.226. The number of amides is 2. The van der Waals surface area contributed by atoms with E-state index in [0.29, 0.717) is 13.0 Å². The fourth-order valence-corrected chi connectivity index (χ4v) is 3.46. The van der Waals surface area contributed by atoms with Gasteiger partial charge in [0.2, 0.25) is 0 Å². The van der Waals surface area contributed by atoms with E-state index in [1.807, 2.05) is 54.6 Å². The van der Waals surface area contributed by atoms with Crippen molar-refractivity contribution in [1.29, 1.82) is 0 Å². The van der Waals surface area contributed by atoms with Crippen LogP contribution in [0.4, 0.5) is 0 Å². The molecule has 2 aromatic carbocycles. The molecule has 4 rings (SSSR count). The first-order valence-electron chi connectivity index (χ1n) is 8.02. The van der Waals surface area contributed by atoms with Gasteiger partial charge >= 0.3 is 0 Å². The molecule has 1 heterocycles. The number of rotatable bonds is 4. The predicted molar refractivity (Wildman–Crippen MR) is 88.9 cm³/mol. The van der Waals surface area contributed by atoms with Crippen molar-refractivity contribution in [3.8, 4) is 0 Å². The largest absolute Gasteiger partial charge is 0.371 e. The molecule has 0 spiro atoms. The first-order chi connectivity index (χ1) is 11.7. The van der Waals surface area contributed by atoms with Crippen molar-refractivity contribution in [3.63, 3.8) is 0 Å². The van der Waals surface area contributed by atoms with Crippen molar-refractivity contribution < 1.29 is 14.3 Å². The van der Waals surface area contributed by atoms with E-state index >= 15 is 0 Å². The molecule has 2 atom stereocenters. The molecule has 0 aromatic heterocycles. The molecule has 0 saturated heterocycles. The van der Waals surface area contributed by atoms with E-state index in [1.54, 1.807) is 0 Å². The second kappa shape index (κ2) is 6.06. The van der Waals surface area contributed by atoms with Gasteiger partial charge in [-0.05, 0) is 16.7 Å². The number of carbonyl (C=O) groups excluding carboxylic acids is 2.